The van der Waals surface area contributed by atoms with Crippen LogP contribution in [0.3, 0.4) is 0 Å². The molecule has 0 amide bonds. The fraction of sp³-hybridized carbons (Fsp3) is 0.875. The summed E-state index contributed by atoms with van der Waals surface area (Å²) in [7, 11) is 1.78. The molecule has 1 unspecified atom stereocenters. The standard InChI is InChI=1S/C7H16O.CHNO/c1-4-6-7(5-2)8-3;2-1-3/h7H,4-6H2,1-3H3;3H. The first-order valence-corrected chi connectivity index (χ1v) is 3.82. The molecule has 3 nitrogen and oxygen atoms in total. The Bertz CT molecular complexity index is 94.8. The van der Waals surface area contributed by atoms with Gasteiger partial charge in [0.2, 0.25) is 0 Å². The van der Waals surface area contributed by atoms with Crippen molar-refractivity contribution in [1.29, 1.82) is 5.26 Å². The molecule has 0 saturated heterocycles. The zero-order valence-corrected chi connectivity index (χ0v) is 7.50. The van der Waals surface area contributed by atoms with E-state index in [0.717, 1.165) is 12.7 Å². The third kappa shape index (κ3) is 12.4. The molecule has 0 spiro atoms. The Kier molecular flexibility index (Phi) is 14.0. The molecule has 0 aromatic heterocycles. The van der Waals surface area contributed by atoms with Crippen LogP contribution in [0.1, 0.15) is 33.1 Å². The monoisotopic (exact) mass is 159 g/mol. The molecule has 0 rings (SSSR count). The van der Waals surface area contributed by atoms with Crippen LogP contribution in [0.4, 0.5) is 0 Å². The highest BCUT2D eigenvalue weighted by atomic mass is 16.5. The number of nitrogens with zero attached hydrogens (tertiary/aromatic N) is 1. The van der Waals surface area contributed by atoms with Crippen LogP contribution >= 0.6 is 0 Å². The van der Waals surface area contributed by atoms with E-state index < -0.39 is 0 Å². The molecule has 1 N–H and O–H groups in total. The molecule has 0 bridgehead atoms. The van der Waals surface area contributed by atoms with Crippen LogP contribution in [0.25, 0.3) is 0 Å². The molecule has 11 heavy (non-hydrogen) atoms. The van der Waals surface area contributed by atoms with Gasteiger partial charge in [0.1, 0.15) is 0 Å². The highest BCUT2D eigenvalue weighted by molar-refractivity contribution is 4.50. The molecule has 0 heterocycles. The second-order valence-electron chi connectivity index (χ2n) is 2.15. The minimum absolute atomic E-state index is 0.500. The van der Waals surface area contributed by atoms with Gasteiger partial charge in [-0.05, 0) is 12.8 Å². The van der Waals surface area contributed by atoms with Gasteiger partial charge in [-0.15, -0.1) is 0 Å². The summed E-state index contributed by atoms with van der Waals surface area (Å²) in [5, 5.41) is 13.8. The van der Waals surface area contributed by atoms with Crippen molar-refractivity contribution in [2.45, 2.75) is 39.2 Å². The molecule has 3 heteroatoms. The van der Waals surface area contributed by atoms with Crippen LogP contribution < -0.4 is 0 Å². The van der Waals surface area contributed by atoms with E-state index in [1.54, 1.807) is 7.11 Å². The molecular weight excluding hydrogens is 142 g/mol. The third-order valence-corrected chi connectivity index (χ3v) is 1.40. The smallest absolute Gasteiger partial charge is 0.283 e. The molecule has 0 aliphatic heterocycles. The summed E-state index contributed by atoms with van der Waals surface area (Å²) in [6.45, 7) is 4.34. The highest BCUT2D eigenvalue weighted by Gasteiger charge is 1.99. The lowest BCUT2D eigenvalue weighted by molar-refractivity contribution is 0.0915. The lowest BCUT2D eigenvalue weighted by Crippen LogP contribution is -2.07. The van der Waals surface area contributed by atoms with E-state index >= 15 is 0 Å². The van der Waals surface area contributed by atoms with Crippen LogP contribution in [0.15, 0.2) is 0 Å². The van der Waals surface area contributed by atoms with Crippen molar-refractivity contribution in [3.05, 3.63) is 0 Å². The van der Waals surface area contributed by atoms with E-state index in [-0.39, 0.29) is 0 Å². The minimum atomic E-state index is 0.500. The van der Waals surface area contributed by atoms with Crippen LogP contribution in [-0.2, 0) is 4.74 Å². The van der Waals surface area contributed by atoms with Gasteiger partial charge in [-0.1, -0.05) is 20.3 Å². The van der Waals surface area contributed by atoms with Crippen molar-refractivity contribution in [1.82, 2.24) is 0 Å². The predicted octanol–water partition coefficient (Wildman–Crippen LogP) is 2.05. The Labute approximate surface area is 68.6 Å². The third-order valence-electron chi connectivity index (χ3n) is 1.40. The SMILES string of the molecule is CCCC(CC)OC.N#CO. The molecule has 0 fully saturated rings. The summed E-state index contributed by atoms with van der Waals surface area (Å²) >= 11 is 0. The maximum atomic E-state index is 6.88. The predicted molar refractivity (Wildman–Crippen MR) is 43.5 cm³/mol. The Morgan fingerprint density at radius 1 is 1.55 bits per heavy atom. The zero-order valence-electron chi connectivity index (χ0n) is 7.50. The summed E-state index contributed by atoms with van der Waals surface area (Å²) in [5.41, 5.74) is 0. The lowest BCUT2D eigenvalue weighted by atomic mass is 10.2. The molecule has 1 atom stereocenters. The Hall–Kier alpha value is -0.750. The van der Waals surface area contributed by atoms with Gasteiger partial charge in [0, 0.05) is 7.11 Å². The van der Waals surface area contributed by atoms with Crippen molar-refractivity contribution >= 4 is 0 Å². The normalized spacial score (nSPS) is 10.7. The maximum Gasteiger partial charge on any atom is 0.283 e. The maximum absolute atomic E-state index is 6.88. The van der Waals surface area contributed by atoms with Crippen LogP contribution in [0.2, 0.25) is 0 Å². The fourth-order valence-corrected chi connectivity index (χ4v) is 0.811. The fourth-order valence-electron chi connectivity index (χ4n) is 0.811. The van der Waals surface area contributed by atoms with Crippen molar-refractivity contribution in [3.63, 3.8) is 0 Å². The Balaban J connectivity index is 0. The first kappa shape index (κ1) is 12.9. The number of aliphatic hydroxyl groups excluding tert-OH is 1. The second kappa shape index (κ2) is 12.0. The number of nitriles is 1. The van der Waals surface area contributed by atoms with Gasteiger partial charge in [0.15, 0.2) is 0 Å². The largest absolute Gasteiger partial charge is 0.443 e. The molecule has 0 aromatic rings. The molecule has 66 valence electrons. The van der Waals surface area contributed by atoms with Crippen LogP contribution in [0, 0.1) is 11.5 Å². The summed E-state index contributed by atoms with van der Waals surface area (Å²) in [5.74, 6) is 0. The van der Waals surface area contributed by atoms with E-state index in [1.165, 1.54) is 12.8 Å². The summed E-state index contributed by atoms with van der Waals surface area (Å²) < 4.78 is 5.14. The molecule has 0 aliphatic rings. The summed E-state index contributed by atoms with van der Waals surface area (Å²) in [4.78, 5) is 0. The average molecular weight is 159 g/mol. The van der Waals surface area contributed by atoms with Gasteiger partial charge < -0.3 is 9.84 Å². The number of methoxy groups -OCH3 is 1. The zero-order chi connectivity index (χ0) is 9.11. The van der Waals surface area contributed by atoms with Crippen LogP contribution in [0.5, 0.6) is 0 Å². The Morgan fingerprint density at radius 3 is 2.09 bits per heavy atom. The number of rotatable bonds is 4. The van der Waals surface area contributed by atoms with E-state index in [2.05, 4.69) is 13.8 Å². The quantitative estimate of drug-likeness (QED) is 0.639. The van der Waals surface area contributed by atoms with Crippen molar-refractivity contribution in [2.75, 3.05) is 7.11 Å². The minimum Gasteiger partial charge on any atom is -0.443 e. The van der Waals surface area contributed by atoms with E-state index in [1.807, 2.05) is 0 Å². The molecule has 0 aliphatic carbocycles. The van der Waals surface area contributed by atoms with Gasteiger partial charge in [-0.3, -0.25) is 0 Å². The van der Waals surface area contributed by atoms with Crippen molar-refractivity contribution < 1.29 is 9.84 Å². The van der Waals surface area contributed by atoms with Gasteiger partial charge in [-0.2, -0.15) is 5.26 Å². The van der Waals surface area contributed by atoms with Gasteiger partial charge in [-0.25, -0.2) is 0 Å². The number of hydrogen-bond donors (Lipinski definition) is 1. The Morgan fingerprint density at radius 2 is 2.00 bits per heavy atom. The van der Waals surface area contributed by atoms with E-state index in [9.17, 15) is 0 Å². The van der Waals surface area contributed by atoms with Crippen molar-refractivity contribution in [2.24, 2.45) is 0 Å². The molecule has 0 saturated carbocycles. The van der Waals surface area contributed by atoms with Gasteiger partial charge in [0.25, 0.3) is 6.26 Å². The number of ether oxygens (including phenoxy) is 1. The molecular formula is C8H17NO2. The second-order valence-corrected chi connectivity index (χ2v) is 2.15. The first-order chi connectivity index (χ1) is 5.26. The highest BCUT2D eigenvalue weighted by Crippen LogP contribution is 2.03. The topological polar surface area (TPSA) is 53.2 Å². The first-order valence-electron chi connectivity index (χ1n) is 3.82. The average Bonchev–Trinajstić information content (AvgIpc) is 2.02. The molecule has 0 radical (unpaired) electrons. The van der Waals surface area contributed by atoms with Gasteiger partial charge >= 0.3 is 0 Å². The van der Waals surface area contributed by atoms with Crippen LogP contribution in [-0.4, -0.2) is 18.3 Å². The van der Waals surface area contributed by atoms with Crippen molar-refractivity contribution in [3.8, 4) is 6.26 Å². The van der Waals surface area contributed by atoms with E-state index in [4.69, 9.17) is 15.1 Å². The summed E-state index contributed by atoms with van der Waals surface area (Å²) in [6.07, 6.45) is 4.82. The molecule has 0 aromatic carbocycles. The summed E-state index contributed by atoms with van der Waals surface area (Å²) in [6, 6.07) is 0. The lowest BCUT2D eigenvalue weighted by Gasteiger charge is -2.09. The number of aliphatic hydroxyl groups is 1. The number of hydrogen-bond acceptors (Lipinski definition) is 3. The van der Waals surface area contributed by atoms with Gasteiger partial charge in [0.05, 0.1) is 6.10 Å². The van der Waals surface area contributed by atoms with E-state index in [0.29, 0.717) is 6.10 Å².